The largest absolute Gasteiger partial charge is 0.496 e. The molecule has 1 heterocycles. The molecule has 0 amide bonds. The summed E-state index contributed by atoms with van der Waals surface area (Å²) in [5.41, 5.74) is 0.706. The van der Waals surface area contributed by atoms with Crippen molar-refractivity contribution in [3.63, 3.8) is 0 Å². The minimum Gasteiger partial charge on any atom is -0.496 e. The molecule has 0 radical (unpaired) electrons. The van der Waals surface area contributed by atoms with Crippen LogP contribution in [-0.2, 0) is 0 Å². The molecule has 0 aliphatic carbocycles. The fourth-order valence-corrected chi connectivity index (χ4v) is 2.11. The summed E-state index contributed by atoms with van der Waals surface area (Å²) in [6.45, 7) is 0. The van der Waals surface area contributed by atoms with E-state index in [0.717, 1.165) is 0 Å². The fourth-order valence-electron chi connectivity index (χ4n) is 1.49. The van der Waals surface area contributed by atoms with Crippen LogP contribution in [0.15, 0.2) is 41.0 Å². The van der Waals surface area contributed by atoms with Gasteiger partial charge in [0.2, 0.25) is 0 Å². The number of methoxy groups -OCH3 is 1. The SMILES string of the molecule is COc1ccc(F)cc1C(Br)c1ccco1. The molecule has 1 atom stereocenters. The van der Waals surface area contributed by atoms with Gasteiger partial charge in [-0.05, 0) is 30.3 Å². The smallest absolute Gasteiger partial charge is 0.123 e. The van der Waals surface area contributed by atoms with Gasteiger partial charge in [-0.2, -0.15) is 0 Å². The van der Waals surface area contributed by atoms with E-state index in [9.17, 15) is 4.39 Å². The lowest BCUT2D eigenvalue weighted by atomic mass is 10.1. The van der Waals surface area contributed by atoms with Crippen molar-refractivity contribution in [1.82, 2.24) is 0 Å². The molecule has 0 bridgehead atoms. The maximum atomic E-state index is 13.2. The second kappa shape index (κ2) is 4.70. The molecular weight excluding hydrogens is 275 g/mol. The second-order valence-electron chi connectivity index (χ2n) is 3.26. The van der Waals surface area contributed by atoms with E-state index in [2.05, 4.69) is 15.9 Å². The number of furan rings is 1. The van der Waals surface area contributed by atoms with Crippen LogP contribution < -0.4 is 4.74 Å². The van der Waals surface area contributed by atoms with Gasteiger partial charge < -0.3 is 9.15 Å². The summed E-state index contributed by atoms with van der Waals surface area (Å²) in [4.78, 5) is -0.215. The Labute approximate surface area is 101 Å². The number of halogens is 2. The highest BCUT2D eigenvalue weighted by atomic mass is 79.9. The van der Waals surface area contributed by atoms with Gasteiger partial charge in [0.05, 0.1) is 13.4 Å². The lowest BCUT2D eigenvalue weighted by Crippen LogP contribution is -1.96. The van der Waals surface area contributed by atoms with Crippen LogP contribution in [0.3, 0.4) is 0 Å². The molecule has 1 aromatic carbocycles. The van der Waals surface area contributed by atoms with Crippen LogP contribution >= 0.6 is 15.9 Å². The molecule has 0 saturated carbocycles. The zero-order valence-corrected chi connectivity index (χ0v) is 10.2. The Kier molecular flexibility index (Phi) is 3.29. The molecule has 0 saturated heterocycles. The monoisotopic (exact) mass is 284 g/mol. The molecule has 1 unspecified atom stereocenters. The fraction of sp³-hybridized carbons (Fsp3) is 0.167. The molecule has 0 N–H and O–H groups in total. The molecule has 2 aromatic rings. The zero-order chi connectivity index (χ0) is 11.5. The summed E-state index contributed by atoms with van der Waals surface area (Å²) in [6.07, 6.45) is 1.58. The van der Waals surface area contributed by atoms with E-state index >= 15 is 0 Å². The highest BCUT2D eigenvalue weighted by Gasteiger charge is 2.18. The van der Waals surface area contributed by atoms with Gasteiger partial charge >= 0.3 is 0 Å². The number of hydrogen-bond acceptors (Lipinski definition) is 2. The predicted octanol–water partition coefficient (Wildman–Crippen LogP) is 3.91. The number of alkyl halides is 1. The normalized spacial score (nSPS) is 12.4. The highest BCUT2D eigenvalue weighted by molar-refractivity contribution is 9.09. The van der Waals surface area contributed by atoms with Crippen LogP contribution in [0.2, 0.25) is 0 Å². The predicted molar refractivity (Wildman–Crippen MR) is 62.4 cm³/mol. The van der Waals surface area contributed by atoms with E-state index in [4.69, 9.17) is 9.15 Å². The number of hydrogen-bond donors (Lipinski definition) is 0. The Morgan fingerprint density at radius 2 is 2.19 bits per heavy atom. The van der Waals surface area contributed by atoms with Gasteiger partial charge in [0.15, 0.2) is 0 Å². The number of rotatable bonds is 3. The molecule has 84 valence electrons. The molecular formula is C12H10BrFO2. The third-order valence-corrected chi connectivity index (χ3v) is 3.20. The lowest BCUT2D eigenvalue weighted by molar-refractivity contribution is 0.407. The van der Waals surface area contributed by atoms with Crippen molar-refractivity contribution in [2.24, 2.45) is 0 Å². The Morgan fingerprint density at radius 3 is 2.81 bits per heavy atom. The molecule has 0 spiro atoms. The molecule has 2 nitrogen and oxygen atoms in total. The van der Waals surface area contributed by atoms with Crippen LogP contribution in [0.25, 0.3) is 0 Å². The number of ether oxygens (including phenoxy) is 1. The second-order valence-corrected chi connectivity index (χ2v) is 4.18. The minimum atomic E-state index is -0.299. The van der Waals surface area contributed by atoms with Crippen molar-refractivity contribution in [3.05, 3.63) is 53.7 Å². The Hall–Kier alpha value is -1.29. The molecule has 4 heteroatoms. The average molecular weight is 285 g/mol. The van der Waals surface area contributed by atoms with Crippen LogP contribution in [0.5, 0.6) is 5.75 Å². The van der Waals surface area contributed by atoms with Crippen molar-refractivity contribution in [3.8, 4) is 5.75 Å². The first-order chi connectivity index (χ1) is 7.72. The van der Waals surface area contributed by atoms with Gasteiger partial charge in [-0.1, -0.05) is 15.9 Å². The average Bonchev–Trinajstić information content (AvgIpc) is 2.81. The van der Waals surface area contributed by atoms with Gasteiger partial charge in [0, 0.05) is 5.56 Å². The topological polar surface area (TPSA) is 22.4 Å². The summed E-state index contributed by atoms with van der Waals surface area (Å²) in [5.74, 6) is 1.04. The maximum Gasteiger partial charge on any atom is 0.123 e. The Balaban J connectivity index is 2.42. The molecule has 0 aliphatic heterocycles. The van der Waals surface area contributed by atoms with Gasteiger partial charge in [0.1, 0.15) is 22.2 Å². The van der Waals surface area contributed by atoms with Crippen molar-refractivity contribution in [1.29, 1.82) is 0 Å². The van der Waals surface area contributed by atoms with Gasteiger partial charge in [-0.15, -0.1) is 0 Å². The van der Waals surface area contributed by atoms with Crippen molar-refractivity contribution >= 4 is 15.9 Å². The van der Waals surface area contributed by atoms with Crippen molar-refractivity contribution in [2.75, 3.05) is 7.11 Å². The minimum absolute atomic E-state index is 0.215. The molecule has 1 aromatic heterocycles. The van der Waals surface area contributed by atoms with Crippen molar-refractivity contribution < 1.29 is 13.5 Å². The summed E-state index contributed by atoms with van der Waals surface area (Å²) in [7, 11) is 1.55. The molecule has 16 heavy (non-hydrogen) atoms. The van der Waals surface area contributed by atoms with E-state index in [1.165, 1.54) is 12.1 Å². The first kappa shape index (κ1) is 11.2. The van der Waals surface area contributed by atoms with Crippen LogP contribution in [-0.4, -0.2) is 7.11 Å². The third-order valence-electron chi connectivity index (χ3n) is 2.26. The highest BCUT2D eigenvalue weighted by Crippen LogP contribution is 2.36. The summed E-state index contributed by atoms with van der Waals surface area (Å²) in [6, 6.07) is 8.01. The third kappa shape index (κ3) is 2.11. The van der Waals surface area contributed by atoms with E-state index in [1.807, 2.05) is 6.07 Å². The first-order valence-electron chi connectivity index (χ1n) is 4.73. The van der Waals surface area contributed by atoms with Crippen molar-refractivity contribution in [2.45, 2.75) is 4.83 Å². The molecule has 0 fully saturated rings. The summed E-state index contributed by atoms with van der Waals surface area (Å²) >= 11 is 3.46. The van der Waals surface area contributed by atoms with Gasteiger partial charge in [-0.3, -0.25) is 0 Å². The summed E-state index contributed by atoms with van der Waals surface area (Å²) in [5, 5.41) is 0. The van der Waals surface area contributed by atoms with E-state index in [0.29, 0.717) is 17.1 Å². The van der Waals surface area contributed by atoms with Crippen LogP contribution in [0, 0.1) is 5.82 Å². The van der Waals surface area contributed by atoms with Gasteiger partial charge in [0.25, 0.3) is 0 Å². The van der Waals surface area contributed by atoms with Gasteiger partial charge in [-0.25, -0.2) is 4.39 Å². The molecule has 2 rings (SSSR count). The van der Waals surface area contributed by atoms with E-state index in [-0.39, 0.29) is 10.6 Å². The van der Waals surface area contributed by atoms with Crippen LogP contribution in [0.4, 0.5) is 4.39 Å². The summed E-state index contributed by atoms with van der Waals surface area (Å²) < 4.78 is 23.6. The maximum absolute atomic E-state index is 13.2. The standard InChI is InChI=1S/C12H10BrFO2/c1-15-10-5-4-8(14)7-9(10)12(13)11-3-2-6-16-11/h2-7,12H,1H3. The Bertz CT molecular complexity index is 468. The number of benzene rings is 1. The van der Waals surface area contributed by atoms with Crippen LogP contribution in [0.1, 0.15) is 16.2 Å². The van der Waals surface area contributed by atoms with E-state index in [1.54, 1.807) is 25.5 Å². The quantitative estimate of drug-likeness (QED) is 0.798. The Morgan fingerprint density at radius 1 is 1.38 bits per heavy atom. The van der Waals surface area contributed by atoms with E-state index < -0.39 is 0 Å². The molecule has 0 aliphatic rings. The first-order valence-corrected chi connectivity index (χ1v) is 5.65. The lowest BCUT2D eigenvalue weighted by Gasteiger charge is -2.12. The zero-order valence-electron chi connectivity index (χ0n) is 8.61.